The zero-order valence-corrected chi connectivity index (χ0v) is 12.3. The van der Waals surface area contributed by atoms with Gasteiger partial charge in [0, 0.05) is 31.0 Å². The van der Waals surface area contributed by atoms with Gasteiger partial charge in [0.1, 0.15) is 0 Å². The molecule has 2 atom stereocenters. The van der Waals surface area contributed by atoms with Gasteiger partial charge in [-0.2, -0.15) is 0 Å². The first-order valence-corrected chi connectivity index (χ1v) is 7.62. The van der Waals surface area contributed by atoms with Crippen molar-refractivity contribution in [1.29, 1.82) is 0 Å². The molecule has 2 unspecified atom stereocenters. The molecule has 19 heavy (non-hydrogen) atoms. The Hall–Kier alpha value is -0.930. The van der Waals surface area contributed by atoms with Crippen molar-refractivity contribution in [2.24, 2.45) is 0 Å². The third kappa shape index (κ3) is 4.59. The van der Waals surface area contributed by atoms with Gasteiger partial charge in [0.05, 0.1) is 0 Å². The second-order valence-corrected chi connectivity index (χ2v) is 5.70. The molecule has 0 amide bonds. The minimum atomic E-state index is 0.744. The van der Waals surface area contributed by atoms with E-state index in [9.17, 15) is 0 Å². The van der Waals surface area contributed by atoms with E-state index in [-0.39, 0.29) is 0 Å². The van der Waals surface area contributed by atoms with Gasteiger partial charge in [0.25, 0.3) is 0 Å². The smallest absolute Gasteiger partial charge is 0.0270 e. The number of hydrogen-bond acceptors (Lipinski definition) is 3. The van der Waals surface area contributed by atoms with Crippen molar-refractivity contribution in [3.8, 4) is 0 Å². The molecule has 0 saturated heterocycles. The lowest BCUT2D eigenvalue weighted by Gasteiger charge is -2.24. The third-order valence-electron chi connectivity index (χ3n) is 4.21. The molecule has 1 aromatic heterocycles. The third-order valence-corrected chi connectivity index (χ3v) is 4.21. The Morgan fingerprint density at radius 2 is 2.11 bits per heavy atom. The summed E-state index contributed by atoms with van der Waals surface area (Å²) in [7, 11) is 2.27. The maximum Gasteiger partial charge on any atom is 0.0270 e. The van der Waals surface area contributed by atoms with Crippen molar-refractivity contribution in [3.63, 3.8) is 0 Å². The fraction of sp³-hybridized carbons (Fsp3) is 0.688. The number of aromatic nitrogens is 1. The summed E-state index contributed by atoms with van der Waals surface area (Å²) in [5, 5.41) is 3.65. The van der Waals surface area contributed by atoms with Crippen LogP contribution in [0.5, 0.6) is 0 Å². The van der Waals surface area contributed by atoms with Crippen molar-refractivity contribution in [2.75, 3.05) is 20.1 Å². The standard InChI is InChI=1S/C16H27N3/c1-3-9-18-15-4-5-16(13-15)19(2)12-8-14-6-10-17-11-7-14/h6-7,10-11,15-16,18H,3-5,8-9,12-13H2,1-2H3. The number of nitrogens with one attached hydrogen (secondary N) is 1. The summed E-state index contributed by atoms with van der Waals surface area (Å²) in [6.45, 7) is 4.55. The van der Waals surface area contributed by atoms with Gasteiger partial charge in [0.15, 0.2) is 0 Å². The largest absolute Gasteiger partial charge is 0.314 e. The van der Waals surface area contributed by atoms with Crippen LogP contribution in [-0.4, -0.2) is 42.1 Å². The topological polar surface area (TPSA) is 28.2 Å². The van der Waals surface area contributed by atoms with Crippen molar-refractivity contribution < 1.29 is 0 Å². The maximum atomic E-state index is 4.07. The van der Waals surface area contributed by atoms with E-state index in [2.05, 4.69) is 41.3 Å². The Bertz CT molecular complexity index is 352. The van der Waals surface area contributed by atoms with Gasteiger partial charge in [-0.05, 0) is 63.4 Å². The molecule has 0 bridgehead atoms. The molecule has 1 aromatic rings. The van der Waals surface area contributed by atoms with Gasteiger partial charge < -0.3 is 10.2 Å². The van der Waals surface area contributed by atoms with Crippen molar-refractivity contribution in [3.05, 3.63) is 30.1 Å². The lowest BCUT2D eigenvalue weighted by molar-refractivity contribution is 0.244. The molecule has 106 valence electrons. The lowest BCUT2D eigenvalue weighted by atomic mass is 10.1. The number of rotatable bonds is 7. The molecule has 0 spiro atoms. The molecule has 3 nitrogen and oxygen atoms in total. The summed E-state index contributed by atoms with van der Waals surface area (Å²) < 4.78 is 0. The molecule has 1 aliphatic carbocycles. The average Bonchev–Trinajstić information content (AvgIpc) is 2.92. The Morgan fingerprint density at radius 1 is 1.32 bits per heavy atom. The second kappa shape index (κ2) is 7.61. The minimum Gasteiger partial charge on any atom is -0.314 e. The van der Waals surface area contributed by atoms with E-state index >= 15 is 0 Å². The monoisotopic (exact) mass is 261 g/mol. The first-order valence-electron chi connectivity index (χ1n) is 7.62. The zero-order chi connectivity index (χ0) is 13.5. The Balaban J connectivity index is 1.71. The molecule has 2 rings (SSSR count). The summed E-state index contributed by atoms with van der Waals surface area (Å²) in [6, 6.07) is 5.74. The highest BCUT2D eigenvalue weighted by Crippen LogP contribution is 2.23. The predicted molar refractivity (Wildman–Crippen MR) is 80.3 cm³/mol. The van der Waals surface area contributed by atoms with E-state index in [1.165, 1.54) is 31.2 Å². The number of likely N-dealkylation sites (N-methyl/N-ethyl adjacent to an activating group) is 1. The van der Waals surface area contributed by atoms with Crippen molar-refractivity contribution >= 4 is 0 Å². The molecule has 1 aliphatic rings. The summed E-state index contributed by atoms with van der Waals surface area (Å²) in [5.41, 5.74) is 1.39. The molecule has 1 N–H and O–H groups in total. The normalized spacial score (nSPS) is 23.1. The van der Waals surface area contributed by atoms with Gasteiger partial charge >= 0.3 is 0 Å². The second-order valence-electron chi connectivity index (χ2n) is 5.70. The van der Waals surface area contributed by atoms with Crippen LogP contribution in [0.3, 0.4) is 0 Å². The molecule has 0 radical (unpaired) electrons. The number of nitrogens with zero attached hydrogens (tertiary/aromatic N) is 2. The Morgan fingerprint density at radius 3 is 2.84 bits per heavy atom. The fourth-order valence-electron chi connectivity index (χ4n) is 2.93. The molecule has 0 aromatic carbocycles. The van der Waals surface area contributed by atoms with Gasteiger partial charge in [-0.3, -0.25) is 4.98 Å². The summed E-state index contributed by atoms with van der Waals surface area (Å²) in [5.74, 6) is 0. The van der Waals surface area contributed by atoms with Crippen LogP contribution < -0.4 is 5.32 Å². The van der Waals surface area contributed by atoms with E-state index in [0.29, 0.717) is 0 Å². The van der Waals surface area contributed by atoms with Crippen LogP contribution in [0.2, 0.25) is 0 Å². The first kappa shape index (κ1) is 14.5. The number of pyridine rings is 1. The summed E-state index contributed by atoms with van der Waals surface area (Å²) in [4.78, 5) is 6.60. The predicted octanol–water partition coefficient (Wildman–Crippen LogP) is 2.48. The summed E-state index contributed by atoms with van der Waals surface area (Å²) >= 11 is 0. The highest BCUT2D eigenvalue weighted by molar-refractivity contribution is 5.10. The molecular weight excluding hydrogens is 234 g/mol. The SMILES string of the molecule is CCCNC1CCC(N(C)CCc2ccncc2)C1. The highest BCUT2D eigenvalue weighted by Gasteiger charge is 2.26. The molecule has 3 heteroatoms. The van der Waals surface area contributed by atoms with Crippen LogP contribution in [0.1, 0.15) is 38.2 Å². The molecule has 1 saturated carbocycles. The van der Waals surface area contributed by atoms with E-state index in [1.54, 1.807) is 0 Å². The van der Waals surface area contributed by atoms with Crippen LogP contribution >= 0.6 is 0 Å². The van der Waals surface area contributed by atoms with Crippen LogP contribution in [0.4, 0.5) is 0 Å². The van der Waals surface area contributed by atoms with E-state index in [0.717, 1.165) is 31.6 Å². The lowest BCUT2D eigenvalue weighted by Crippen LogP contribution is -2.34. The van der Waals surface area contributed by atoms with Crippen LogP contribution in [0.25, 0.3) is 0 Å². The van der Waals surface area contributed by atoms with Gasteiger partial charge in [-0.15, -0.1) is 0 Å². The fourth-order valence-corrected chi connectivity index (χ4v) is 2.93. The van der Waals surface area contributed by atoms with Crippen LogP contribution in [0, 0.1) is 0 Å². The van der Waals surface area contributed by atoms with Crippen LogP contribution in [0.15, 0.2) is 24.5 Å². The summed E-state index contributed by atoms with van der Waals surface area (Å²) in [6.07, 6.45) is 10.1. The van der Waals surface area contributed by atoms with Gasteiger partial charge in [-0.1, -0.05) is 6.92 Å². The Labute approximate surface area is 117 Å². The molecule has 0 aliphatic heterocycles. The highest BCUT2D eigenvalue weighted by atomic mass is 15.1. The first-order chi connectivity index (χ1) is 9.29. The van der Waals surface area contributed by atoms with E-state index in [1.807, 2.05) is 12.4 Å². The van der Waals surface area contributed by atoms with Gasteiger partial charge in [-0.25, -0.2) is 0 Å². The van der Waals surface area contributed by atoms with E-state index in [4.69, 9.17) is 0 Å². The zero-order valence-electron chi connectivity index (χ0n) is 12.3. The van der Waals surface area contributed by atoms with Crippen LogP contribution in [-0.2, 0) is 6.42 Å². The maximum absolute atomic E-state index is 4.07. The molecular formula is C16H27N3. The number of hydrogen-bond donors (Lipinski definition) is 1. The molecule has 1 fully saturated rings. The quantitative estimate of drug-likeness (QED) is 0.817. The van der Waals surface area contributed by atoms with Crippen molar-refractivity contribution in [1.82, 2.24) is 15.2 Å². The van der Waals surface area contributed by atoms with E-state index < -0.39 is 0 Å². The average molecular weight is 261 g/mol. The minimum absolute atomic E-state index is 0.744. The van der Waals surface area contributed by atoms with Crippen molar-refractivity contribution in [2.45, 2.75) is 51.1 Å². The molecule has 1 heterocycles. The van der Waals surface area contributed by atoms with Gasteiger partial charge in [0.2, 0.25) is 0 Å². The Kier molecular flexibility index (Phi) is 5.80.